The number of aromatic nitrogens is 4. The van der Waals surface area contributed by atoms with Gasteiger partial charge in [-0.3, -0.25) is 4.79 Å². The van der Waals surface area contributed by atoms with Gasteiger partial charge in [0.1, 0.15) is 5.75 Å². The van der Waals surface area contributed by atoms with Crippen LogP contribution >= 0.6 is 15.9 Å². The summed E-state index contributed by atoms with van der Waals surface area (Å²) in [6.45, 7) is 0. The second kappa shape index (κ2) is 5.13. The van der Waals surface area contributed by atoms with Crippen molar-refractivity contribution in [2.75, 3.05) is 0 Å². The predicted octanol–water partition coefficient (Wildman–Crippen LogP) is 2.98. The molecule has 3 heterocycles. The smallest absolute Gasteiger partial charge is 0.199 e. The van der Waals surface area contributed by atoms with Gasteiger partial charge in [-0.2, -0.15) is 0 Å². The molecule has 0 saturated carbocycles. The second-order valence-corrected chi connectivity index (χ2v) is 5.89. The molecule has 0 aliphatic rings. The van der Waals surface area contributed by atoms with Gasteiger partial charge in [0, 0.05) is 23.1 Å². The van der Waals surface area contributed by atoms with Gasteiger partial charge in [-0.25, -0.2) is 14.5 Å². The Morgan fingerprint density at radius 2 is 2.09 bits per heavy atom. The maximum absolute atomic E-state index is 12.6. The zero-order valence-electron chi connectivity index (χ0n) is 11.6. The number of fused-ring (bicyclic) bond motifs is 3. The molecule has 0 radical (unpaired) electrons. The van der Waals surface area contributed by atoms with Crippen LogP contribution < -0.4 is 0 Å². The molecule has 0 amide bonds. The molecule has 0 bridgehead atoms. The van der Waals surface area contributed by atoms with Crippen LogP contribution in [0.1, 0.15) is 15.9 Å². The van der Waals surface area contributed by atoms with Crippen LogP contribution in [0.5, 0.6) is 5.75 Å². The minimum atomic E-state index is -0.328. The Bertz CT molecular complexity index is 1070. The van der Waals surface area contributed by atoms with Gasteiger partial charge in [0.2, 0.25) is 0 Å². The van der Waals surface area contributed by atoms with Crippen molar-refractivity contribution in [2.24, 2.45) is 0 Å². The highest BCUT2D eigenvalue weighted by molar-refractivity contribution is 9.10. The van der Waals surface area contributed by atoms with Crippen LogP contribution in [0.3, 0.4) is 0 Å². The van der Waals surface area contributed by atoms with Crippen LogP contribution in [0.2, 0.25) is 0 Å². The number of hydrogen-bond donors (Lipinski definition) is 1. The van der Waals surface area contributed by atoms with Crippen LogP contribution in [0.15, 0.2) is 53.4 Å². The van der Waals surface area contributed by atoms with Gasteiger partial charge >= 0.3 is 0 Å². The van der Waals surface area contributed by atoms with Gasteiger partial charge in [0.15, 0.2) is 17.1 Å². The highest BCUT2D eigenvalue weighted by Gasteiger charge is 2.16. The van der Waals surface area contributed by atoms with Gasteiger partial charge < -0.3 is 5.11 Å². The third kappa shape index (κ3) is 2.25. The number of pyridine rings is 1. The quantitative estimate of drug-likeness (QED) is 0.550. The van der Waals surface area contributed by atoms with Gasteiger partial charge in [-0.1, -0.05) is 15.9 Å². The summed E-state index contributed by atoms with van der Waals surface area (Å²) in [6.07, 6.45) is 4.72. The predicted molar refractivity (Wildman–Crippen MR) is 87.5 cm³/mol. The average molecular weight is 369 g/mol. The Labute approximate surface area is 138 Å². The van der Waals surface area contributed by atoms with E-state index in [0.29, 0.717) is 21.3 Å². The number of nitrogens with zero attached hydrogens (tertiary/aromatic N) is 4. The van der Waals surface area contributed by atoms with Crippen LogP contribution in [0, 0.1) is 0 Å². The summed E-state index contributed by atoms with van der Waals surface area (Å²) < 4.78 is 2.24. The molecule has 0 fully saturated rings. The molecule has 3 aromatic heterocycles. The number of carbonyl (C=O) groups is 1. The molecule has 0 spiro atoms. The van der Waals surface area contributed by atoms with Crippen LogP contribution in [0.25, 0.3) is 16.7 Å². The lowest BCUT2D eigenvalue weighted by atomic mass is 10.1. The number of phenolic OH excluding ortho intramolecular Hbond substituents is 1. The zero-order valence-corrected chi connectivity index (χ0v) is 13.2. The molecular formula is C16H9BrN4O2. The van der Waals surface area contributed by atoms with E-state index < -0.39 is 0 Å². The SMILES string of the molecule is O=C(c1cnc2c3cccnc3nn2c1)c1cc(Br)ccc1O. The van der Waals surface area contributed by atoms with E-state index >= 15 is 0 Å². The molecule has 23 heavy (non-hydrogen) atoms. The molecular weight excluding hydrogens is 360 g/mol. The average Bonchev–Trinajstić information content (AvgIpc) is 2.94. The van der Waals surface area contributed by atoms with Crippen molar-refractivity contribution in [2.45, 2.75) is 0 Å². The lowest BCUT2D eigenvalue weighted by molar-refractivity contribution is 0.103. The third-order valence-corrected chi connectivity index (χ3v) is 3.99. The van der Waals surface area contributed by atoms with Gasteiger partial charge in [-0.05, 0) is 30.3 Å². The standard InChI is InChI=1S/C16H9BrN4O2/c17-10-3-4-13(22)12(6-10)14(23)9-7-19-16-11-2-1-5-18-15(11)20-21(16)8-9/h1-8,22H. The summed E-state index contributed by atoms with van der Waals surface area (Å²) in [7, 11) is 0. The van der Waals surface area contributed by atoms with Crippen LogP contribution in [-0.2, 0) is 0 Å². The normalized spacial score (nSPS) is 11.2. The fourth-order valence-electron chi connectivity index (χ4n) is 2.40. The number of benzene rings is 1. The topological polar surface area (TPSA) is 80.4 Å². The molecule has 0 aliphatic heterocycles. The Balaban J connectivity index is 1.87. The highest BCUT2D eigenvalue weighted by Crippen LogP contribution is 2.25. The summed E-state index contributed by atoms with van der Waals surface area (Å²) in [4.78, 5) is 21.1. The zero-order chi connectivity index (χ0) is 16.0. The number of aromatic hydroxyl groups is 1. The van der Waals surface area contributed by atoms with Crippen molar-refractivity contribution in [1.29, 1.82) is 0 Å². The second-order valence-electron chi connectivity index (χ2n) is 4.98. The van der Waals surface area contributed by atoms with Crippen molar-refractivity contribution in [1.82, 2.24) is 19.6 Å². The Kier molecular flexibility index (Phi) is 3.09. The monoisotopic (exact) mass is 368 g/mol. The van der Waals surface area contributed by atoms with Gasteiger partial charge in [-0.15, -0.1) is 5.10 Å². The van der Waals surface area contributed by atoms with Crippen molar-refractivity contribution in [3.8, 4) is 5.75 Å². The fourth-order valence-corrected chi connectivity index (χ4v) is 2.76. The molecule has 0 unspecified atom stereocenters. The molecule has 4 rings (SSSR count). The summed E-state index contributed by atoms with van der Waals surface area (Å²) in [6, 6.07) is 8.39. The van der Waals surface area contributed by atoms with Crippen molar-refractivity contribution in [3.05, 3.63) is 64.5 Å². The first-order valence-corrected chi connectivity index (χ1v) is 7.55. The molecule has 1 aromatic carbocycles. The molecule has 0 saturated heterocycles. The molecule has 4 aromatic rings. The lowest BCUT2D eigenvalue weighted by Crippen LogP contribution is -2.05. The summed E-state index contributed by atoms with van der Waals surface area (Å²) in [5.74, 6) is -0.406. The number of phenols is 1. The molecule has 6 nitrogen and oxygen atoms in total. The first kappa shape index (κ1) is 13.8. The van der Waals surface area contributed by atoms with Crippen molar-refractivity contribution < 1.29 is 9.90 Å². The van der Waals surface area contributed by atoms with Gasteiger partial charge in [0.25, 0.3) is 0 Å². The summed E-state index contributed by atoms with van der Waals surface area (Å²) in [5.41, 5.74) is 1.73. The van der Waals surface area contributed by atoms with Gasteiger partial charge in [0.05, 0.1) is 16.5 Å². The Hall–Kier alpha value is -2.80. The molecule has 1 N–H and O–H groups in total. The number of halogens is 1. The van der Waals surface area contributed by atoms with E-state index in [2.05, 4.69) is 31.0 Å². The Morgan fingerprint density at radius 3 is 2.96 bits per heavy atom. The minimum Gasteiger partial charge on any atom is -0.507 e. The van der Waals surface area contributed by atoms with E-state index in [1.54, 1.807) is 24.5 Å². The van der Waals surface area contributed by atoms with E-state index in [1.807, 2.05) is 12.1 Å². The number of rotatable bonds is 2. The van der Waals surface area contributed by atoms with E-state index in [-0.39, 0.29) is 17.1 Å². The van der Waals surface area contributed by atoms with Crippen molar-refractivity contribution >= 4 is 38.4 Å². The van der Waals surface area contributed by atoms with E-state index in [1.165, 1.54) is 16.8 Å². The largest absolute Gasteiger partial charge is 0.507 e. The highest BCUT2D eigenvalue weighted by atomic mass is 79.9. The first-order valence-electron chi connectivity index (χ1n) is 6.76. The summed E-state index contributed by atoms with van der Waals surface area (Å²) >= 11 is 3.30. The number of ketones is 1. The van der Waals surface area contributed by atoms with Crippen LogP contribution in [-0.4, -0.2) is 30.5 Å². The van der Waals surface area contributed by atoms with E-state index in [4.69, 9.17) is 0 Å². The molecule has 112 valence electrons. The maximum atomic E-state index is 12.6. The van der Waals surface area contributed by atoms with E-state index in [0.717, 1.165) is 5.39 Å². The molecule has 0 aliphatic carbocycles. The molecule has 0 atom stereocenters. The first-order chi connectivity index (χ1) is 11.1. The Morgan fingerprint density at radius 1 is 1.22 bits per heavy atom. The fraction of sp³-hybridized carbons (Fsp3) is 0. The maximum Gasteiger partial charge on any atom is 0.199 e. The van der Waals surface area contributed by atoms with Crippen molar-refractivity contribution in [3.63, 3.8) is 0 Å². The van der Waals surface area contributed by atoms with Crippen LogP contribution in [0.4, 0.5) is 0 Å². The lowest BCUT2D eigenvalue weighted by Gasteiger charge is -2.04. The minimum absolute atomic E-state index is 0.0782. The number of hydrogen-bond acceptors (Lipinski definition) is 5. The van der Waals surface area contributed by atoms with E-state index in [9.17, 15) is 9.90 Å². The summed E-state index contributed by atoms with van der Waals surface area (Å²) in [5, 5.41) is 15.0. The number of carbonyl (C=O) groups excluding carboxylic acids is 1. The third-order valence-electron chi connectivity index (χ3n) is 3.50. The molecule has 7 heteroatoms.